The van der Waals surface area contributed by atoms with Gasteiger partial charge >= 0.3 is 0 Å². The van der Waals surface area contributed by atoms with Crippen LogP contribution in [0.15, 0.2) is 42.9 Å². The van der Waals surface area contributed by atoms with E-state index in [0.717, 1.165) is 47.8 Å². The number of rotatable bonds is 5. The summed E-state index contributed by atoms with van der Waals surface area (Å²) in [5, 5.41) is 15.4. The van der Waals surface area contributed by atoms with Gasteiger partial charge in [-0.3, -0.25) is 4.79 Å². The first-order valence-corrected chi connectivity index (χ1v) is 10.5. The van der Waals surface area contributed by atoms with Crippen molar-refractivity contribution in [3.05, 3.63) is 42.9 Å². The molecule has 0 aromatic carbocycles. The van der Waals surface area contributed by atoms with E-state index in [-0.39, 0.29) is 18.0 Å². The summed E-state index contributed by atoms with van der Waals surface area (Å²) in [6.45, 7) is 1.57. The van der Waals surface area contributed by atoms with Crippen LogP contribution in [0.3, 0.4) is 0 Å². The van der Waals surface area contributed by atoms with Gasteiger partial charge in [-0.25, -0.2) is 9.03 Å². The zero-order valence-electron chi connectivity index (χ0n) is 17.6. The van der Waals surface area contributed by atoms with Crippen LogP contribution in [-0.4, -0.2) is 49.3 Å². The van der Waals surface area contributed by atoms with Gasteiger partial charge in [0.2, 0.25) is 17.7 Å². The monoisotopic (exact) mass is 419 g/mol. The van der Waals surface area contributed by atoms with Crippen LogP contribution in [-0.2, 0) is 4.79 Å². The molecule has 1 amide bonds. The second-order valence-corrected chi connectivity index (χ2v) is 7.98. The molecule has 31 heavy (non-hydrogen) atoms. The van der Waals surface area contributed by atoms with E-state index >= 15 is 0 Å². The first-order valence-electron chi connectivity index (χ1n) is 10.5. The molecule has 0 bridgehead atoms. The molecule has 4 heterocycles. The van der Waals surface area contributed by atoms with Crippen LogP contribution in [0.5, 0.6) is 5.88 Å². The fourth-order valence-electron chi connectivity index (χ4n) is 4.37. The van der Waals surface area contributed by atoms with Gasteiger partial charge in [-0.2, -0.15) is 10.1 Å². The molecule has 4 aromatic rings. The van der Waals surface area contributed by atoms with Gasteiger partial charge in [0.05, 0.1) is 12.6 Å². The maximum Gasteiger partial charge on any atom is 0.244 e. The third-order valence-electron chi connectivity index (χ3n) is 5.85. The highest BCUT2D eigenvalue weighted by Gasteiger charge is 2.23. The van der Waals surface area contributed by atoms with Crippen molar-refractivity contribution < 1.29 is 9.53 Å². The van der Waals surface area contributed by atoms with E-state index in [1.807, 2.05) is 39.6 Å². The minimum Gasteiger partial charge on any atom is -0.479 e. The van der Waals surface area contributed by atoms with Gasteiger partial charge < -0.3 is 15.4 Å². The number of ether oxygens (including phenoxy) is 1. The number of pyridine rings is 1. The number of nitrogens with one attached hydrogen (secondary N) is 2. The zero-order chi connectivity index (χ0) is 21.4. The highest BCUT2D eigenvalue weighted by Crippen LogP contribution is 2.32. The maximum atomic E-state index is 11.3. The summed E-state index contributed by atoms with van der Waals surface area (Å²) in [6, 6.07) is 8.63. The van der Waals surface area contributed by atoms with Crippen LogP contribution < -0.4 is 15.4 Å². The molecule has 1 fully saturated rings. The predicted octanol–water partition coefficient (Wildman–Crippen LogP) is 2.91. The summed E-state index contributed by atoms with van der Waals surface area (Å²) in [5.41, 5.74) is 3.90. The fourth-order valence-corrected chi connectivity index (χ4v) is 4.37. The largest absolute Gasteiger partial charge is 0.479 e. The number of hydrogen-bond acceptors (Lipinski definition) is 6. The second-order valence-electron chi connectivity index (χ2n) is 7.98. The van der Waals surface area contributed by atoms with Crippen LogP contribution >= 0.6 is 0 Å². The maximum absolute atomic E-state index is 11.3. The van der Waals surface area contributed by atoms with Crippen molar-refractivity contribution in [3.8, 4) is 17.0 Å². The number of fused-ring (bicyclic) bond motifs is 2. The highest BCUT2D eigenvalue weighted by atomic mass is 16.5. The molecule has 5 rings (SSSR count). The predicted molar refractivity (Wildman–Crippen MR) is 117 cm³/mol. The van der Waals surface area contributed by atoms with E-state index in [0.29, 0.717) is 11.8 Å². The summed E-state index contributed by atoms with van der Waals surface area (Å²) < 4.78 is 9.28. The molecule has 1 saturated carbocycles. The number of carbonyl (C=O) groups is 1. The summed E-state index contributed by atoms with van der Waals surface area (Å²) in [5.74, 6) is 1.10. The van der Waals surface area contributed by atoms with Gasteiger partial charge in [0.1, 0.15) is 5.52 Å². The molecule has 0 saturated heterocycles. The Hall–Kier alpha value is -3.62. The average Bonchev–Trinajstić information content (AvgIpc) is 3.40. The molecule has 0 radical (unpaired) electrons. The Balaban J connectivity index is 1.40. The lowest BCUT2D eigenvalue weighted by atomic mass is 9.91. The molecule has 9 nitrogen and oxygen atoms in total. The van der Waals surface area contributed by atoms with Gasteiger partial charge in [-0.1, -0.05) is 0 Å². The van der Waals surface area contributed by atoms with Crippen molar-refractivity contribution in [2.24, 2.45) is 0 Å². The molecule has 1 aliphatic rings. The Morgan fingerprint density at radius 2 is 1.87 bits per heavy atom. The Labute approximate surface area is 179 Å². The summed E-state index contributed by atoms with van der Waals surface area (Å²) >= 11 is 0. The van der Waals surface area contributed by atoms with Crippen molar-refractivity contribution in [2.45, 2.75) is 44.7 Å². The Morgan fingerprint density at radius 3 is 2.65 bits per heavy atom. The lowest BCUT2D eigenvalue weighted by molar-refractivity contribution is -0.119. The van der Waals surface area contributed by atoms with Crippen molar-refractivity contribution in [2.75, 3.05) is 12.4 Å². The Bertz CT molecular complexity index is 1240. The quantitative estimate of drug-likeness (QED) is 0.516. The molecule has 4 aromatic heterocycles. The van der Waals surface area contributed by atoms with Gasteiger partial charge in [-0.05, 0) is 55.5 Å². The van der Waals surface area contributed by atoms with E-state index in [2.05, 4.69) is 31.9 Å². The van der Waals surface area contributed by atoms with Crippen molar-refractivity contribution in [1.29, 1.82) is 0 Å². The normalized spacial score (nSPS) is 18.9. The van der Waals surface area contributed by atoms with E-state index in [1.54, 1.807) is 20.2 Å². The molecule has 0 aliphatic heterocycles. The lowest BCUT2D eigenvalue weighted by Gasteiger charge is -2.29. The Morgan fingerprint density at radius 1 is 1.10 bits per heavy atom. The molecule has 9 heteroatoms. The average molecular weight is 419 g/mol. The van der Waals surface area contributed by atoms with Crippen LogP contribution in [0.25, 0.3) is 22.2 Å². The minimum atomic E-state index is 0.0331. The van der Waals surface area contributed by atoms with E-state index in [4.69, 9.17) is 4.74 Å². The lowest BCUT2D eigenvalue weighted by Crippen LogP contribution is -2.39. The molecule has 0 atom stereocenters. The second kappa shape index (κ2) is 7.90. The zero-order valence-corrected chi connectivity index (χ0v) is 17.6. The SMILES string of the molecule is COc1nc(N[C@H]2CC[C@@H](NC(C)=O)CC2)nn2ccc(-c3ccn4nccc4c3)c12. The van der Waals surface area contributed by atoms with Crippen LogP contribution in [0, 0.1) is 0 Å². The molecule has 0 spiro atoms. The number of anilines is 1. The molecule has 2 N–H and O–H groups in total. The number of hydrogen-bond donors (Lipinski definition) is 2. The standard InChI is InChI=1S/C22H25N7O2/c1-14(30)24-16-3-5-17(6-4-16)25-22-26-21(31-2)20-19(9-12-29(20)27-22)15-8-11-28-18(13-15)7-10-23-28/h7-13,16-17H,3-6H2,1-2H3,(H,24,30)(H,25,27)/t16-,17+. The summed E-state index contributed by atoms with van der Waals surface area (Å²) in [6.07, 6.45) is 9.45. The van der Waals surface area contributed by atoms with Gasteiger partial charge in [0, 0.05) is 43.2 Å². The number of aromatic nitrogens is 5. The number of amides is 1. The molecule has 0 unspecified atom stereocenters. The molecular weight excluding hydrogens is 394 g/mol. The first-order chi connectivity index (χ1) is 15.1. The van der Waals surface area contributed by atoms with Gasteiger partial charge in [-0.15, -0.1) is 5.10 Å². The van der Waals surface area contributed by atoms with Gasteiger partial charge in [0.25, 0.3) is 0 Å². The molecule has 160 valence electrons. The van der Waals surface area contributed by atoms with Gasteiger partial charge in [0.15, 0.2) is 0 Å². The van der Waals surface area contributed by atoms with Crippen LogP contribution in [0.1, 0.15) is 32.6 Å². The van der Waals surface area contributed by atoms with E-state index in [1.165, 1.54) is 0 Å². The van der Waals surface area contributed by atoms with Crippen LogP contribution in [0.2, 0.25) is 0 Å². The Kier molecular flexibility index (Phi) is 4.93. The molecule has 1 aliphatic carbocycles. The van der Waals surface area contributed by atoms with E-state index in [9.17, 15) is 4.79 Å². The van der Waals surface area contributed by atoms with Crippen molar-refractivity contribution in [3.63, 3.8) is 0 Å². The van der Waals surface area contributed by atoms with Crippen LogP contribution in [0.4, 0.5) is 5.95 Å². The summed E-state index contributed by atoms with van der Waals surface area (Å²) in [7, 11) is 1.63. The summed E-state index contributed by atoms with van der Waals surface area (Å²) in [4.78, 5) is 15.9. The topological polar surface area (TPSA) is 97.8 Å². The third-order valence-corrected chi connectivity index (χ3v) is 5.85. The number of carbonyl (C=O) groups excluding carboxylic acids is 1. The highest BCUT2D eigenvalue weighted by molar-refractivity contribution is 5.85. The fraction of sp³-hybridized carbons (Fsp3) is 0.364. The number of nitrogens with zero attached hydrogens (tertiary/aromatic N) is 5. The van der Waals surface area contributed by atoms with Crippen molar-refractivity contribution >= 4 is 22.9 Å². The van der Waals surface area contributed by atoms with E-state index < -0.39 is 0 Å². The first kappa shape index (κ1) is 19.3. The molecular formula is C22H25N7O2. The smallest absolute Gasteiger partial charge is 0.244 e. The number of methoxy groups -OCH3 is 1. The third kappa shape index (κ3) is 3.78. The minimum absolute atomic E-state index is 0.0331. The van der Waals surface area contributed by atoms with Crippen molar-refractivity contribution in [1.82, 2.24) is 29.5 Å².